The van der Waals surface area contributed by atoms with Crippen molar-refractivity contribution in [1.29, 1.82) is 0 Å². The number of alkyl halides is 3. The fourth-order valence-corrected chi connectivity index (χ4v) is 2.39. The molecule has 0 fully saturated rings. The van der Waals surface area contributed by atoms with Crippen molar-refractivity contribution in [1.82, 2.24) is 14.8 Å². The van der Waals surface area contributed by atoms with Crippen molar-refractivity contribution in [2.24, 2.45) is 0 Å². The first-order chi connectivity index (χ1) is 12.3. The molecule has 0 radical (unpaired) electrons. The summed E-state index contributed by atoms with van der Waals surface area (Å²) in [6.45, 7) is 0. The van der Waals surface area contributed by atoms with Crippen LogP contribution in [0.2, 0.25) is 0 Å². The third kappa shape index (κ3) is 3.46. The number of pyridine rings is 1. The Morgan fingerprint density at radius 2 is 1.73 bits per heavy atom. The van der Waals surface area contributed by atoms with Gasteiger partial charge in [0.1, 0.15) is 11.4 Å². The summed E-state index contributed by atoms with van der Waals surface area (Å²) in [5, 5.41) is 3.87. The van der Waals surface area contributed by atoms with Crippen molar-refractivity contribution in [2.45, 2.75) is 12.6 Å². The molecule has 134 valence electrons. The lowest BCUT2D eigenvalue weighted by molar-refractivity contribution is -0.138. The van der Waals surface area contributed by atoms with Crippen LogP contribution < -0.4 is 0 Å². The van der Waals surface area contributed by atoms with Gasteiger partial charge in [-0.2, -0.15) is 18.3 Å². The molecule has 0 aliphatic rings. The Bertz CT molecular complexity index is 945. The van der Waals surface area contributed by atoms with Gasteiger partial charge in [-0.25, -0.2) is 13.5 Å². The fraction of sp³-hybridized carbons (Fsp3) is 0.118. The van der Waals surface area contributed by atoms with E-state index in [1.807, 2.05) is 0 Å². The van der Waals surface area contributed by atoms with Crippen molar-refractivity contribution < 1.29 is 26.7 Å². The maximum atomic E-state index is 13.8. The first-order valence-corrected chi connectivity index (χ1v) is 7.31. The number of nitrogens with zero attached hydrogens (tertiary/aromatic N) is 3. The standard InChI is InChI=1S/C17H10F5N3O/c18-12-4-1-5-13(19)16(12)25-8-6-10(24-25)9-14(26)15-11(17(20,21)22)3-2-7-23-15/h1-8H,9H2. The Morgan fingerprint density at radius 3 is 2.38 bits per heavy atom. The van der Waals surface area contributed by atoms with Gasteiger partial charge in [0, 0.05) is 12.4 Å². The van der Waals surface area contributed by atoms with Gasteiger partial charge in [-0.1, -0.05) is 6.07 Å². The Labute approximate surface area is 143 Å². The molecule has 0 amide bonds. The number of carbonyl (C=O) groups is 1. The molecule has 9 heteroatoms. The van der Waals surface area contributed by atoms with Crippen LogP contribution in [0, 0.1) is 11.6 Å². The Morgan fingerprint density at radius 1 is 1.04 bits per heavy atom. The zero-order valence-electron chi connectivity index (χ0n) is 13.0. The van der Waals surface area contributed by atoms with E-state index in [9.17, 15) is 26.7 Å². The lowest BCUT2D eigenvalue weighted by atomic mass is 10.1. The number of benzene rings is 1. The minimum absolute atomic E-state index is 0.0523. The number of aromatic nitrogens is 3. The molecular weight excluding hydrogens is 357 g/mol. The maximum absolute atomic E-state index is 13.8. The van der Waals surface area contributed by atoms with Gasteiger partial charge in [-0.05, 0) is 30.3 Å². The number of rotatable bonds is 4. The van der Waals surface area contributed by atoms with Crippen molar-refractivity contribution in [3.8, 4) is 5.69 Å². The molecule has 0 saturated carbocycles. The van der Waals surface area contributed by atoms with E-state index in [4.69, 9.17) is 0 Å². The van der Waals surface area contributed by atoms with Gasteiger partial charge in [-0.3, -0.25) is 9.78 Å². The monoisotopic (exact) mass is 367 g/mol. The van der Waals surface area contributed by atoms with E-state index in [-0.39, 0.29) is 5.69 Å². The van der Waals surface area contributed by atoms with Gasteiger partial charge in [0.2, 0.25) is 0 Å². The van der Waals surface area contributed by atoms with Gasteiger partial charge in [0.25, 0.3) is 0 Å². The van der Waals surface area contributed by atoms with Crippen LogP contribution in [0.3, 0.4) is 0 Å². The lowest BCUT2D eigenvalue weighted by Crippen LogP contribution is -2.16. The molecule has 4 nitrogen and oxygen atoms in total. The molecule has 0 unspecified atom stereocenters. The highest BCUT2D eigenvalue weighted by Gasteiger charge is 2.35. The topological polar surface area (TPSA) is 47.8 Å². The van der Waals surface area contributed by atoms with E-state index in [1.54, 1.807) is 0 Å². The second-order valence-corrected chi connectivity index (χ2v) is 5.32. The van der Waals surface area contributed by atoms with Crippen LogP contribution in [0.1, 0.15) is 21.7 Å². The predicted molar refractivity (Wildman–Crippen MR) is 80.8 cm³/mol. The minimum Gasteiger partial charge on any atom is -0.292 e. The highest BCUT2D eigenvalue weighted by molar-refractivity contribution is 5.97. The minimum atomic E-state index is -4.73. The third-order valence-electron chi connectivity index (χ3n) is 3.53. The number of Topliss-reactive ketones (excluding diaryl/α,β-unsaturated/α-hetero) is 1. The van der Waals surface area contributed by atoms with Crippen molar-refractivity contribution >= 4 is 5.78 Å². The number of hydrogen-bond acceptors (Lipinski definition) is 3. The molecule has 3 aromatic rings. The summed E-state index contributed by atoms with van der Waals surface area (Å²) in [5.74, 6) is -2.64. The van der Waals surface area contributed by atoms with Gasteiger partial charge < -0.3 is 0 Å². The van der Waals surface area contributed by atoms with Crippen LogP contribution in [0.4, 0.5) is 22.0 Å². The van der Waals surface area contributed by atoms with E-state index in [2.05, 4.69) is 10.1 Å². The Hall–Kier alpha value is -3.10. The molecule has 0 atom stereocenters. The SMILES string of the molecule is O=C(Cc1ccn(-c2c(F)cccc2F)n1)c1ncccc1C(F)(F)F. The van der Waals surface area contributed by atoms with Gasteiger partial charge in [-0.15, -0.1) is 0 Å². The van der Waals surface area contributed by atoms with Crippen LogP contribution in [-0.4, -0.2) is 20.5 Å². The van der Waals surface area contributed by atoms with Gasteiger partial charge in [0.05, 0.1) is 17.7 Å². The van der Waals surface area contributed by atoms with Crippen LogP contribution >= 0.6 is 0 Å². The van der Waals surface area contributed by atoms with Crippen LogP contribution in [0.15, 0.2) is 48.8 Å². The highest BCUT2D eigenvalue weighted by atomic mass is 19.4. The maximum Gasteiger partial charge on any atom is 0.418 e. The number of halogens is 5. The molecule has 0 bridgehead atoms. The number of carbonyl (C=O) groups excluding carboxylic acids is 1. The van der Waals surface area contributed by atoms with Crippen LogP contribution in [-0.2, 0) is 12.6 Å². The van der Waals surface area contributed by atoms with E-state index >= 15 is 0 Å². The smallest absolute Gasteiger partial charge is 0.292 e. The average molecular weight is 367 g/mol. The van der Waals surface area contributed by atoms with Crippen molar-refractivity contribution in [3.05, 3.63) is 77.4 Å². The largest absolute Gasteiger partial charge is 0.418 e. The van der Waals surface area contributed by atoms with E-state index < -0.39 is 47.0 Å². The molecule has 0 aliphatic carbocycles. The van der Waals surface area contributed by atoms with Crippen molar-refractivity contribution in [3.63, 3.8) is 0 Å². The average Bonchev–Trinajstić information content (AvgIpc) is 3.02. The lowest BCUT2D eigenvalue weighted by Gasteiger charge is -2.10. The quantitative estimate of drug-likeness (QED) is 0.518. The zero-order valence-corrected chi connectivity index (χ0v) is 13.0. The molecule has 0 saturated heterocycles. The summed E-state index contributed by atoms with van der Waals surface area (Å²) in [7, 11) is 0. The first kappa shape index (κ1) is 17.7. The second kappa shape index (κ2) is 6.66. The predicted octanol–water partition coefficient (Wildman–Crippen LogP) is 3.99. The number of ketones is 1. The molecule has 0 N–H and O–H groups in total. The molecule has 0 spiro atoms. The normalized spacial score (nSPS) is 11.6. The van der Waals surface area contributed by atoms with E-state index in [0.717, 1.165) is 35.1 Å². The fourth-order valence-electron chi connectivity index (χ4n) is 2.39. The van der Waals surface area contributed by atoms with Crippen LogP contribution in [0.25, 0.3) is 5.69 Å². The molecule has 0 aliphatic heterocycles. The molecule has 3 rings (SSSR count). The second-order valence-electron chi connectivity index (χ2n) is 5.32. The summed E-state index contributed by atoms with van der Waals surface area (Å²) in [6, 6.07) is 6.38. The number of para-hydroxylation sites is 1. The summed E-state index contributed by atoms with van der Waals surface area (Å²) < 4.78 is 67.3. The van der Waals surface area contributed by atoms with Gasteiger partial charge in [0.15, 0.2) is 17.4 Å². The first-order valence-electron chi connectivity index (χ1n) is 7.31. The van der Waals surface area contributed by atoms with Crippen LogP contribution in [0.5, 0.6) is 0 Å². The summed E-state index contributed by atoms with van der Waals surface area (Å²) in [5.41, 5.74) is -2.27. The van der Waals surface area contributed by atoms with E-state index in [1.165, 1.54) is 18.3 Å². The Kier molecular flexibility index (Phi) is 4.54. The molecule has 26 heavy (non-hydrogen) atoms. The summed E-state index contributed by atoms with van der Waals surface area (Å²) in [6.07, 6.45) is -2.93. The summed E-state index contributed by atoms with van der Waals surface area (Å²) >= 11 is 0. The van der Waals surface area contributed by atoms with E-state index in [0.29, 0.717) is 0 Å². The summed E-state index contributed by atoms with van der Waals surface area (Å²) in [4.78, 5) is 15.7. The number of hydrogen-bond donors (Lipinski definition) is 0. The third-order valence-corrected chi connectivity index (χ3v) is 3.53. The molecule has 2 aromatic heterocycles. The molecule has 2 heterocycles. The van der Waals surface area contributed by atoms with Crippen molar-refractivity contribution in [2.75, 3.05) is 0 Å². The molecular formula is C17H10F5N3O. The molecule has 1 aromatic carbocycles. The van der Waals surface area contributed by atoms with Gasteiger partial charge >= 0.3 is 6.18 Å². The highest BCUT2D eigenvalue weighted by Crippen LogP contribution is 2.31. The zero-order chi connectivity index (χ0) is 18.9. The Balaban J connectivity index is 1.88.